The third-order valence-corrected chi connectivity index (χ3v) is 4.77. The number of hydrogen-bond donors (Lipinski definition) is 0. The zero-order valence-electron chi connectivity index (χ0n) is 11.8. The second kappa shape index (κ2) is 7.07. The first kappa shape index (κ1) is 14.6. The number of rotatable bonds is 4. The fourth-order valence-corrected chi connectivity index (χ4v) is 3.16. The Morgan fingerprint density at radius 3 is 2.62 bits per heavy atom. The van der Waals surface area contributed by atoms with Gasteiger partial charge in [0, 0.05) is 42.6 Å². The van der Waals surface area contributed by atoms with E-state index < -0.39 is 0 Å². The van der Waals surface area contributed by atoms with Crippen LogP contribution in [0.2, 0.25) is 5.02 Å². The number of thiophene rings is 1. The predicted molar refractivity (Wildman–Crippen MR) is 90.2 cm³/mol. The van der Waals surface area contributed by atoms with Crippen molar-refractivity contribution in [3.63, 3.8) is 0 Å². The minimum atomic E-state index is 0.857. The van der Waals surface area contributed by atoms with Crippen molar-refractivity contribution < 1.29 is 0 Å². The summed E-state index contributed by atoms with van der Waals surface area (Å²) in [5.74, 6) is 0. The predicted octanol–water partition coefficient (Wildman–Crippen LogP) is 3.55. The van der Waals surface area contributed by atoms with Crippen molar-refractivity contribution >= 4 is 29.2 Å². The standard InChI is InChI=1S/C16H18ClN3S/c17-16-6-2-1-4-14(16)13-19-7-9-20(10-8-19)18-12-15-5-3-11-21-15/h1-6,11-12H,7-10,13H2/b18-12-. The van der Waals surface area contributed by atoms with Gasteiger partial charge in [0.2, 0.25) is 0 Å². The van der Waals surface area contributed by atoms with Gasteiger partial charge in [0.25, 0.3) is 0 Å². The smallest absolute Gasteiger partial charge is 0.0642 e. The number of benzene rings is 1. The first-order chi connectivity index (χ1) is 10.3. The van der Waals surface area contributed by atoms with Gasteiger partial charge >= 0.3 is 0 Å². The van der Waals surface area contributed by atoms with E-state index in [1.54, 1.807) is 11.3 Å². The van der Waals surface area contributed by atoms with Crippen LogP contribution in [0.25, 0.3) is 0 Å². The van der Waals surface area contributed by atoms with E-state index in [-0.39, 0.29) is 0 Å². The lowest BCUT2D eigenvalue weighted by atomic mass is 10.2. The Kier molecular flexibility index (Phi) is 4.91. The maximum atomic E-state index is 6.22. The number of hydrogen-bond acceptors (Lipinski definition) is 4. The van der Waals surface area contributed by atoms with E-state index >= 15 is 0 Å². The zero-order chi connectivity index (χ0) is 14.5. The summed E-state index contributed by atoms with van der Waals surface area (Å²) in [5.41, 5.74) is 1.20. The molecule has 1 aliphatic rings. The summed E-state index contributed by atoms with van der Waals surface area (Å²) in [6, 6.07) is 12.2. The van der Waals surface area contributed by atoms with Gasteiger partial charge in [0.05, 0.1) is 6.21 Å². The van der Waals surface area contributed by atoms with E-state index in [1.165, 1.54) is 10.4 Å². The molecule has 0 bridgehead atoms. The first-order valence-corrected chi connectivity index (χ1v) is 8.35. The van der Waals surface area contributed by atoms with Gasteiger partial charge < -0.3 is 0 Å². The van der Waals surface area contributed by atoms with Gasteiger partial charge in [-0.3, -0.25) is 9.91 Å². The number of nitrogens with zero attached hydrogens (tertiary/aromatic N) is 3. The Hall–Kier alpha value is -1.36. The van der Waals surface area contributed by atoms with Crippen LogP contribution in [0, 0.1) is 0 Å². The van der Waals surface area contributed by atoms with E-state index in [0.717, 1.165) is 37.7 Å². The highest BCUT2D eigenvalue weighted by atomic mass is 35.5. The van der Waals surface area contributed by atoms with Crippen LogP contribution < -0.4 is 0 Å². The molecule has 0 saturated carbocycles. The second-order valence-electron chi connectivity index (χ2n) is 5.08. The largest absolute Gasteiger partial charge is 0.295 e. The van der Waals surface area contributed by atoms with Crippen LogP contribution in [0.5, 0.6) is 0 Å². The van der Waals surface area contributed by atoms with Crippen molar-refractivity contribution in [3.05, 3.63) is 57.2 Å². The molecule has 3 nitrogen and oxygen atoms in total. The molecule has 3 rings (SSSR count). The Labute approximate surface area is 134 Å². The lowest BCUT2D eigenvalue weighted by molar-refractivity contribution is 0.131. The average Bonchev–Trinajstić information content (AvgIpc) is 3.02. The normalized spacial score (nSPS) is 16.7. The molecule has 1 fully saturated rings. The van der Waals surface area contributed by atoms with Crippen LogP contribution in [-0.4, -0.2) is 42.3 Å². The van der Waals surface area contributed by atoms with Crippen LogP contribution >= 0.6 is 22.9 Å². The van der Waals surface area contributed by atoms with Crippen LogP contribution in [0.4, 0.5) is 0 Å². The first-order valence-electron chi connectivity index (χ1n) is 7.09. The number of halogens is 1. The molecule has 0 amide bonds. The monoisotopic (exact) mass is 319 g/mol. The van der Waals surface area contributed by atoms with E-state index in [0.29, 0.717) is 0 Å². The van der Waals surface area contributed by atoms with E-state index in [4.69, 9.17) is 11.6 Å². The van der Waals surface area contributed by atoms with Gasteiger partial charge in [-0.25, -0.2) is 0 Å². The summed E-state index contributed by atoms with van der Waals surface area (Å²) in [7, 11) is 0. The van der Waals surface area contributed by atoms with E-state index in [2.05, 4.69) is 32.5 Å². The molecule has 5 heteroatoms. The van der Waals surface area contributed by atoms with Gasteiger partial charge in [-0.05, 0) is 23.1 Å². The van der Waals surface area contributed by atoms with Crippen LogP contribution in [0.15, 0.2) is 46.9 Å². The van der Waals surface area contributed by atoms with Gasteiger partial charge in [0.15, 0.2) is 0 Å². The summed E-state index contributed by atoms with van der Waals surface area (Å²) in [4.78, 5) is 3.63. The number of hydrazone groups is 1. The lowest BCUT2D eigenvalue weighted by Crippen LogP contribution is -2.43. The molecule has 0 unspecified atom stereocenters. The molecule has 2 aromatic rings. The molecule has 0 radical (unpaired) electrons. The van der Waals surface area contributed by atoms with Crippen molar-refractivity contribution in [2.45, 2.75) is 6.54 Å². The molecule has 0 atom stereocenters. The molecule has 0 aliphatic carbocycles. The van der Waals surface area contributed by atoms with E-state index in [1.807, 2.05) is 30.5 Å². The topological polar surface area (TPSA) is 18.8 Å². The fourth-order valence-electron chi connectivity index (χ4n) is 2.38. The van der Waals surface area contributed by atoms with Gasteiger partial charge in [-0.15, -0.1) is 11.3 Å². The number of piperazine rings is 1. The molecule has 0 spiro atoms. The van der Waals surface area contributed by atoms with Crippen molar-refractivity contribution in [2.24, 2.45) is 5.10 Å². The van der Waals surface area contributed by atoms with Gasteiger partial charge in [0.1, 0.15) is 0 Å². The SMILES string of the molecule is Clc1ccccc1CN1CCN(/N=C\c2cccs2)CC1. The lowest BCUT2D eigenvalue weighted by Gasteiger charge is -2.33. The Morgan fingerprint density at radius 1 is 1.10 bits per heavy atom. The highest BCUT2D eigenvalue weighted by Crippen LogP contribution is 2.18. The minimum absolute atomic E-state index is 0.857. The molecule has 110 valence electrons. The third kappa shape index (κ3) is 4.06. The van der Waals surface area contributed by atoms with Crippen molar-refractivity contribution in [1.29, 1.82) is 0 Å². The average molecular weight is 320 g/mol. The quantitative estimate of drug-likeness (QED) is 0.803. The van der Waals surface area contributed by atoms with Crippen LogP contribution in [-0.2, 0) is 6.54 Å². The van der Waals surface area contributed by atoms with Crippen molar-refractivity contribution in [3.8, 4) is 0 Å². The molecule has 1 saturated heterocycles. The molecular weight excluding hydrogens is 302 g/mol. The van der Waals surface area contributed by atoms with Crippen molar-refractivity contribution in [2.75, 3.05) is 26.2 Å². The summed E-state index contributed by atoms with van der Waals surface area (Å²) in [6.07, 6.45) is 1.95. The Balaban J connectivity index is 1.50. The highest BCUT2D eigenvalue weighted by molar-refractivity contribution is 7.11. The Bertz CT molecular complexity index is 589. The molecule has 1 aliphatic heterocycles. The third-order valence-electron chi connectivity index (χ3n) is 3.59. The van der Waals surface area contributed by atoms with Gasteiger partial charge in [-0.2, -0.15) is 5.10 Å². The van der Waals surface area contributed by atoms with Gasteiger partial charge in [-0.1, -0.05) is 35.9 Å². The zero-order valence-corrected chi connectivity index (χ0v) is 13.4. The minimum Gasteiger partial charge on any atom is -0.295 e. The molecule has 1 aromatic heterocycles. The Morgan fingerprint density at radius 2 is 1.90 bits per heavy atom. The second-order valence-corrected chi connectivity index (χ2v) is 6.47. The van der Waals surface area contributed by atoms with Crippen molar-refractivity contribution in [1.82, 2.24) is 9.91 Å². The summed E-state index contributed by atoms with van der Waals surface area (Å²) < 4.78 is 0. The molecule has 2 heterocycles. The summed E-state index contributed by atoms with van der Waals surface area (Å²) in [5, 5.41) is 9.62. The molecule has 0 N–H and O–H groups in total. The summed E-state index contributed by atoms with van der Waals surface area (Å²) in [6.45, 7) is 4.89. The molecule has 21 heavy (non-hydrogen) atoms. The van der Waals surface area contributed by atoms with Crippen LogP contribution in [0.1, 0.15) is 10.4 Å². The maximum Gasteiger partial charge on any atom is 0.0642 e. The van der Waals surface area contributed by atoms with E-state index in [9.17, 15) is 0 Å². The fraction of sp³-hybridized carbons (Fsp3) is 0.312. The summed E-state index contributed by atoms with van der Waals surface area (Å²) >= 11 is 7.93. The van der Waals surface area contributed by atoms with Crippen LogP contribution in [0.3, 0.4) is 0 Å². The molecule has 1 aromatic carbocycles. The molecular formula is C16H18ClN3S. The maximum absolute atomic E-state index is 6.22. The highest BCUT2D eigenvalue weighted by Gasteiger charge is 2.16.